The van der Waals surface area contributed by atoms with Crippen LogP contribution in [0.5, 0.6) is 5.75 Å². The molecule has 2 aromatic carbocycles. The number of ether oxygens (including phenoxy) is 1. The molecule has 1 atom stereocenters. The second kappa shape index (κ2) is 10.4. The topological polar surface area (TPSA) is 38.3 Å². The van der Waals surface area contributed by atoms with Crippen molar-refractivity contribution in [1.29, 1.82) is 0 Å². The van der Waals surface area contributed by atoms with Crippen LogP contribution in [0.2, 0.25) is 0 Å². The van der Waals surface area contributed by atoms with Crippen molar-refractivity contribution in [3.8, 4) is 5.75 Å². The highest BCUT2D eigenvalue weighted by Crippen LogP contribution is 2.43. The molecule has 1 unspecified atom stereocenters. The predicted octanol–water partition coefficient (Wildman–Crippen LogP) is 5.44. The lowest BCUT2D eigenvalue weighted by Gasteiger charge is -2.21. The standard InChI is InChI=1S/C21H24BrNO2S2/c1-15(13-16-3-7-18(22)8-4-16)23-20(24)14-25-19-9-5-17(6-10-19)21-26-11-2-12-27-21/h3-10,15,21H,2,11-14H2,1H3,(H,23,24). The quantitative estimate of drug-likeness (QED) is 0.590. The Hall–Kier alpha value is -1.11. The molecular formula is C21H24BrNO2S2. The number of benzene rings is 2. The van der Waals surface area contributed by atoms with E-state index in [1.54, 1.807) is 0 Å². The second-order valence-corrected chi connectivity index (χ2v) is 10.2. The van der Waals surface area contributed by atoms with Crippen LogP contribution < -0.4 is 10.1 Å². The number of nitrogens with one attached hydrogen (secondary N) is 1. The molecule has 1 amide bonds. The Morgan fingerprint density at radius 3 is 2.48 bits per heavy atom. The van der Waals surface area contributed by atoms with E-state index in [1.165, 1.54) is 29.1 Å². The summed E-state index contributed by atoms with van der Waals surface area (Å²) in [4.78, 5) is 12.1. The Morgan fingerprint density at radius 2 is 1.81 bits per heavy atom. The number of halogens is 1. The van der Waals surface area contributed by atoms with Crippen LogP contribution in [0.15, 0.2) is 53.0 Å². The summed E-state index contributed by atoms with van der Waals surface area (Å²) < 4.78 is 7.23. The van der Waals surface area contributed by atoms with E-state index in [0.29, 0.717) is 4.58 Å². The molecule has 0 bridgehead atoms. The van der Waals surface area contributed by atoms with Crippen LogP contribution in [-0.4, -0.2) is 30.1 Å². The zero-order valence-corrected chi connectivity index (χ0v) is 18.5. The van der Waals surface area contributed by atoms with E-state index in [4.69, 9.17) is 4.74 Å². The van der Waals surface area contributed by atoms with E-state index in [9.17, 15) is 4.79 Å². The van der Waals surface area contributed by atoms with Crippen LogP contribution in [0.1, 0.15) is 29.1 Å². The van der Waals surface area contributed by atoms with E-state index in [-0.39, 0.29) is 18.6 Å². The molecule has 1 N–H and O–H groups in total. The summed E-state index contributed by atoms with van der Waals surface area (Å²) >= 11 is 7.44. The van der Waals surface area contributed by atoms with Crippen molar-refractivity contribution in [1.82, 2.24) is 5.32 Å². The first-order valence-corrected chi connectivity index (χ1v) is 12.0. The molecule has 1 aliphatic rings. The van der Waals surface area contributed by atoms with Gasteiger partial charge in [0.25, 0.3) is 5.91 Å². The zero-order chi connectivity index (χ0) is 19.1. The van der Waals surface area contributed by atoms with Crippen LogP contribution in [-0.2, 0) is 11.2 Å². The third-order valence-corrected chi connectivity index (χ3v) is 7.76. The number of hydrogen-bond donors (Lipinski definition) is 1. The molecule has 3 nitrogen and oxygen atoms in total. The van der Waals surface area contributed by atoms with Gasteiger partial charge in [0, 0.05) is 10.5 Å². The van der Waals surface area contributed by atoms with Gasteiger partial charge in [0.05, 0.1) is 4.58 Å². The molecule has 27 heavy (non-hydrogen) atoms. The first-order valence-electron chi connectivity index (χ1n) is 9.10. The third-order valence-electron chi connectivity index (χ3n) is 4.21. The van der Waals surface area contributed by atoms with Gasteiger partial charge in [0.2, 0.25) is 0 Å². The lowest BCUT2D eigenvalue weighted by Crippen LogP contribution is -2.37. The number of rotatable bonds is 7. The fourth-order valence-corrected chi connectivity index (χ4v) is 6.05. The number of carbonyl (C=O) groups is 1. The summed E-state index contributed by atoms with van der Waals surface area (Å²) in [5.74, 6) is 3.10. The van der Waals surface area contributed by atoms with Crippen molar-refractivity contribution in [2.24, 2.45) is 0 Å². The van der Waals surface area contributed by atoms with E-state index in [0.717, 1.165) is 16.6 Å². The van der Waals surface area contributed by atoms with Crippen molar-refractivity contribution in [3.63, 3.8) is 0 Å². The van der Waals surface area contributed by atoms with Crippen molar-refractivity contribution < 1.29 is 9.53 Å². The highest BCUT2D eigenvalue weighted by atomic mass is 79.9. The van der Waals surface area contributed by atoms with E-state index >= 15 is 0 Å². The molecule has 1 aliphatic heterocycles. The monoisotopic (exact) mass is 465 g/mol. The highest BCUT2D eigenvalue weighted by Gasteiger charge is 2.16. The van der Waals surface area contributed by atoms with Gasteiger partial charge in [-0.1, -0.05) is 40.2 Å². The van der Waals surface area contributed by atoms with Crippen molar-refractivity contribution in [3.05, 3.63) is 64.1 Å². The lowest BCUT2D eigenvalue weighted by molar-refractivity contribution is -0.123. The molecule has 0 spiro atoms. The van der Waals surface area contributed by atoms with E-state index < -0.39 is 0 Å². The van der Waals surface area contributed by atoms with Crippen molar-refractivity contribution in [2.45, 2.75) is 30.4 Å². The molecule has 3 rings (SSSR count). The maximum absolute atomic E-state index is 12.1. The third kappa shape index (κ3) is 6.77. The average Bonchev–Trinajstić information content (AvgIpc) is 2.69. The molecule has 0 aromatic heterocycles. The fourth-order valence-electron chi connectivity index (χ4n) is 2.89. The molecule has 144 valence electrons. The summed E-state index contributed by atoms with van der Waals surface area (Å²) in [6.07, 6.45) is 2.09. The largest absolute Gasteiger partial charge is 0.484 e. The SMILES string of the molecule is CC(Cc1ccc(Br)cc1)NC(=O)COc1ccc(C2SCCCS2)cc1. The van der Waals surface area contributed by atoms with Gasteiger partial charge in [-0.3, -0.25) is 4.79 Å². The molecular weight excluding hydrogens is 442 g/mol. The Labute approximate surface area is 178 Å². The minimum atomic E-state index is -0.0953. The van der Waals surface area contributed by atoms with Gasteiger partial charge in [-0.05, 0) is 66.7 Å². The number of carbonyl (C=O) groups excluding carboxylic acids is 1. The van der Waals surface area contributed by atoms with Gasteiger partial charge in [-0.15, -0.1) is 23.5 Å². The minimum Gasteiger partial charge on any atom is -0.484 e. The maximum atomic E-state index is 12.1. The average molecular weight is 466 g/mol. The number of hydrogen-bond acceptors (Lipinski definition) is 4. The molecule has 0 radical (unpaired) electrons. The maximum Gasteiger partial charge on any atom is 0.258 e. The molecule has 1 heterocycles. The van der Waals surface area contributed by atoms with Crippen LogP contribution in [0.25, 0.3) is 0 Å². The van der Waals surface area contributed by atoms with Gasteiger partial charge in [0.1, 0.15) is 5.75 Å². The second-order valence-electron chi connectivity index (χ2n) is 6.58. The molecule has 0 aliphatic carbocycles. The smallest absolute Gasteiger partial charge is 0.258 e. The van der Waals surface area contributed by atoms with Crippen molar-refractivity contribution in [2.75, 3.05) is 18.1 Å². The Balaban J connectivity index is 1.42. The van der Waals surface area contributed by atoms with Crippen LogP contribution in [0.4, 0.5) is 0 Å². The van der Waals surface area contributed by atoms with E-state index in [2.05, 4.69) is 45.5 Å². The normalized spacial score (nSPS) is 15.9. The Bertz CT molecular complexity index is 731. The molecule has 1 saturated heterocycles. The number of thioether (sulfide) groups is 2. The predicted molar refractivity (Wildman–Crippen MR) is 120 cm³/mol. The number of amides is 1. The Kier molecular flexibility index (Phi) is 7.97. The van der Waals surface area contributed by atoms with Crippen LogP contribution >= 0.6 is 39.5 Å². The Morgan fingerprint density at radius 1 is 1.15 bits per heavy atom. The zero-order valence-electron chi connectivity index (χ0n) is 15.3. The molecule has 2 aromatic rings. The summed E-state index contributed by atoms with van der Waals surface area (Å²) in [6.45, 7) is 2.05. The van der Waals surface area contributed by atoms with E-state index in [1.807, 2.05) is 54.7 Å². The highest BCUT2D eigenvalue weighted by molar-refractivity contribution is 9.10. The summed E-state index contributed by atoms with van der Waals surface area (Å²) in [7, 11) is 0. The fraction of sp³-hybridized carbons (Fsp3) is 0.381. The first-order chi connectivity index (χ1) is 13.1. The lowest BCUT2D eigenvalue weighted by atomic mass is 10.1. The van der Waals surface area contributed by atoms with Gasteiger partial charge in [-0.25, -0.2) is 0 Å². The van der Waals surface area contributed by atoms with Gasteiger partial charge in [0.15, 0.2) is 6.61 Å². The summed E-state index contributed by atoms with van der Waals surface area (Å²) in [5, 5.41) is 2.99. The minimum absolute atomic E-state index is 0.0386. The summed E-state index contributed by atoms with van der Waals surface area (Å²) in [6, 6.07) is 16.4. The molecule has 0 saturated carbocycles. The van der Waals surface area contributed by atoms with Crippen molar-refractivity contribution >= 4 is 45.4 Å². The summed E-state index contributed by atoms with van der Waals surface area (Å²) in [5.41, 5.74) is 2.52. The van der Waals surface area contributed by atoms with Crippen LogP contribution in [0, 0.1) is 0 Å². The van der Waals surface area contributed by atoms with Gasteiger partial charge >= 0.3 is 0 Å². The van der Waals surface area contributed by atoms with Gasteiger partial charge < -0.3 is 10.1 Å². The molecule has 6 heteroatoms. The van der Waals surface area contributed by atoms with Gasteiger partial charge in [-0.2, -0.15) is 0 Å². The molecule has 1 fully saturated rings. The first kappa shape index (κ1) is 20.6. The van der Waals surface area contributed by atoms with Crippen LogP contribution in [0.3, 0.4) is 0 Å².